The molecule has 2 aliphatic rings. The van der Waals surface area contributed by atoms with Crippen molar-refractivity contribution in [2.45, 2.75) is 71.6 Å². The van der Waals surface area contributed by atoms with Crippen LogP contribution in [0.2, 0.25) is 32.7 Å². The van der Waals surface area contributed by atoms with Crippen molar-refractivity contribution in [1.29, 1.82) is 0 Å². The Labute approximate surface area is 184 Å². The van der Waals surface area contributed by atoms with E-state index in [0.717, 1.165) is 29.3 Å². The van der Waals surface area contributed by atoms with Gasteiger partial charge in [0.1, 0.15) is 8.07 Å². The molecule has 0 aromatic carbocycles. The number of allylic oxidation sites excluding steroid dienone is 8. The Morgan fingerprint density at radius 3 is 2.00 bits per heavy atom. The maximum Gasteiger partial charge on any atom is 0.183 e. The van der Waals surface area contributed by atoms with Gasteiger partial charge in [-0.3, -0.25) is 0 Å². The van der Waals surface area contributed by atoms with Crippen LogP contribution in [0.15, 0.2) is 44.1 Å². The molecule has 0 spiro atoms. The zero-order valence-electron chi connectivity index (χ0n) is 16.5. The van der Waals surface area contributed by atoms with Crippen molar-refractivity contribution >= 4 is 39.6 Å². The molecule has 0 heterocycles. The molecule has 0 saturated carbocycles. The molecular weight excluding hydrogens is 463 g/mol. The summed E-state index contributed by atoms with van der Waals surface area (Å²) >= 11 is 13.1. The predicted octanol–water partition coefficient (Wildman–Crippen LogP) is 7.07. The van der Waals surface area contributed by atoms with E-state index in [9.17, 15) is 0 Å². The van der Waals surface area contributed by atoms with Crippen LogP contribution in [0.1, 0.15) is 33.1 Å². The van der Waals surface area contributed by atoms with E-state index in [4.69, 9.17) is 27.6 Å². The molecule has 1 nitrogen and oxygen atoms in total. The van der Waals surface area contributed by atoms with Crippen LogP contribution in [0, 0.1) is 0 Å². The number of hydrogen-bond acceptors (Lipinski definition) is 1. The molecule has 138 valence electrons. The summed E-state index contributed by atoms with van der Waals surface area (Å²) < 4.78 is 6.46. The molecule has 25 heavy (non-hydrogen) atoms. The van der Waals surface area contributed by atoms with Gasteiger partial charge in [-0.2, -0.15) is 0 Å². The van der Waals surface area contributed by atoms with Gasteiger partial charge in [0, 0.05) is 54.8 Å². The largest absolute Gasteiger partial charge is 0.418 e. The van der Waals surface area contributed by atoms with Crippen LogP contribution in [0.5, 0.6) is 0 Å². The average molecular weight is 493 g/mol. The second kappa shape index (κ2) is 8.88. The Morgan fingerprint density at radius 2 is 1.52 bits per heavy atom. The number of rotatable bonds is 6. The summed E-state index contributed by atoms with van der Waals surface area (Å²) in [5.74, 6) is 0. The molecule has 2 aliphatic carbocycles. The quantitative estimate of drug-likeness (QED) is 0.360. The minimum atomic E-state index is -1.76. The van der Waals surface area contributed by atoms with Gasteiger partial charge in [-0.25, -0.2) is 0 Å². The first-order valence-corrected chi connectivity index (χ1v) is 16.0. The van der Waals surface area contributed by atoms with Crippen LogP contribution in [0.4, 0.5) is 0 Å². The van der Waals surface area contributed by atoms with E-state index in [-0.39, 0.29) is 31.9 Å². The van der Waals surface area contributed by atoms with Crippen LogP contribution in [-0.2, 0) is 30.6 Å². The molecule has 0 N–H and O–H groups in total. The second-order valence-corrected chi connectivity index (χ2v) is 18.6. The minimum Gasteiger partial charge on any atom is -0.418 e. The van der Waals surface area contributed by atoms with Crippen molar-refractivity contribution in [2.75, 3.05) is 0 Å². The first kappa shape index (κ1) is 23.9. The summed E-state index contributed by atoms with van der Waals surface area (Å²) in [5.41, 5.74) is 4.16. The first-order valence-electron chi connectivity index (χ1n) is 8.74. The van der Waals surface area contributed by atoms with Crippen LogP contribution in [-0.4, -0.2) is 22.1 Å². The van der Waals surface area contributed by atoms with Gasteiger partial charge in [-0.1, -0.05) is 59.2 Å². The van der Waals surface area contributed by atoms with E-state index in [1.807, 2.05) is 0 Å². The van der Waals surface area contributed by atoms with Gasteiger partial charge in [0.2, 0.25) is 0 Å². The van der Waals surface area contributed by atoms with Gasteiger partial charge in [0.05, 0.1) is 0 Å². The Bertz CT molecular complexity index is 655. The van der Waals surface area contributed by atoms with Crippen molar-refractivity contribution < 1.29 is 30.6 Å². The monoisotopic (exact) mass is 490 g/mol. The van der Waals surface area contributed by atoms with E-state index in [1.165, 1.54) is 21.9 Å². The summed E-state index contributed by atoms with van der Waals surface area (Å²) in [4.78, 5) is 0. The van der Waals surface area contributed by atoms with Crippen LogP contribution < -0.4 is 0 Å². The Kier molecular flexibility index (Phi) is 8.47. The molecular formula is C19H30Cl2OSi2Zr. The molecule has 0 bridgehead atoms. The van der Waals surface area contributed by atoms with Crippen molar-refractivity contribution in [3.05, 3.63) is 44.1 Å². The van der Waals surface area contributed by atoms with Crippen molar-refractivity contribution in [3.63, 3.8) is 0 Å². The van der Waals surface area contributed by atoms with E-state index < -0.39 is 16.4 Å². The van der Waals surface area contributed by atoms with E-state index in [0.29, 0.717) is 0 Å². The third kappa shape index (κ3) is 5.65. The fraction of sp³-hybridized carbons (Fsp3) is 0.579. The summed E-state index contributed by atoms with van der Waals surface area (Å²) in [6, 6.07) is 0. The molecule has 0 aromatic rings. The zero-order chi connectivity index (χ0) is 18.3. The Morgan fingerprint density at radius 1 is 1.00 bits per heavy atom. The minimum absolute atomic E-state index is 0. The Balaban J connectivity index is 0.00000312. The van der Waals surface area contributed by atoms with Crippen molar-refractivity contribution in [2.24, 2.45) is 0 Å². The third-order valence-electron chi connectivity index (χ3n) is 5.12. The standard InChI is InChI=1S/C19H30Cl2OSi2.Zr/c1-13-8-9-17(20)15(13)12-16-18(21)10-11-19(16)24(6,7)14(2)22-23(3,4)5;/h8,11,14H,9-10,12H2,1-7H3;. The molecule has 0 aliphatic heterocycles. The van der Waals surface area contributed by atoms with Gasteiger partial charge >= 0.3 is 0 Å². The third-order valence-corrected chi connectivity index (χ3v) is 11.2. The fourth-order valence-corrected chi connectivity index (χ4v) is 9.44. The molecule has 0 fully saturated rings. The van der Waals surface area contributed by atoms with E-state index in [1.54, 1.807) is 0 Å². The molecule has 1 unspecified atom stereocenters. The normalized spacial score (nSPS) is 19.9. The van der Waals surface area contributed by atoms with Crippen LogP contribution in [0.25, 0.3) is 0 Å². The van der Waals surface area contributed by atoms with Crippen molar-refractivity contribution in [3.8, 4) is 0 Å². The molecule has 0 radical (unpaired) electrons. The molecule has 0 aromatic heterocycles. The van der Waals surface area contributed by atoms with E-state index >= 15 is 0 Å². The average Bonchev–Trinajstić information content (AvgIpc) is 2.95. The number of halogens is 2. The summed E-state index contributed by atoms with van der Waals surface area (Å²) in [6.45, 7) is 16.0. The zero-order valence-corrected chi connectivity index (χ0v) is 22.5. The summed E-state index contributed by atoms with van der Waals surface area (Å²) in [7, 11) is -3.32. The smallest absolute Gasteiger partial charge is 0.183 e. The predicted molar refractivity (Wildman–Crippen MR) is 113 cm³/mol. The molecule has 6 heteroatoms. The van der Waals surface area contributed by atoms with E-state index in [2.05, 4.69) is 58.7 Å². The Hall–Kier alpha value is 0.817. The SMILES string of the molecule is CC1=CCC(Cl)=C1CC1=C(Cl)CC=C1[Si](C)(C)C(C)O[Si](C)(C)C.[Zr]. The first-order chi connectivity index (χ1) is 10.9. The van der Waals surface area contributed by atoms with Gasteiger partial charge in [-0.05, 0) is 51.1 Å². The van der Waals surface area contributed by atoms with Crippen LogP contribution >= 0.6 is 23.2 Å². The summed E-state index contributed by atoms with van der Waals surface area (Å²) in [5, 5.41) is 3.43. The van der Waals surface area contributed by atoms with Gasteiger partial charge in [0.15, 0.2) is 8.32 Å². The van der Waals surface area contributed by atoms with Gasteiger partial charge in [0.25, 0.3) is 0 Å². The number of hydrogen-bond donors (Lipinski definition) is 0. The maximum atomic E-state index is 6.62. The topological polar surface area (TPSA) is 9.23 Å². The molecule has 0 amide bonds. The van der Waals surface area contributed by atoms with Gasteiger partial charge < -0.3 is 4.43 Å². The van der Waals surface area contributed by atoms with Crippen molar-refractivity contribution in [1.82, 2.24) is 0 Å². The van der Waals surface area contributed by atoms with Crippen LogP contribution in [0.3, 0.4) is 0 Å². The molecule has 2 rings (SSSR count). The van der Waals surface area contributed by atoms with Gasteiger partial charge in [-0.15, -0.1) is 0 Å². The maximum absolute atomic E-state index is 6.62. The second-order valence-electron chi connectivity index (χ2n) is 8.45. The summed E-state index contributed by atoms with van der Waals surface area (Å²) in [6.07, 6.45) is 7.14. The molecule has 0 saturated heterocycles. The fourth-order valence-electron chi connectivity index (χ4n) is 3.44. The molecule has 1 atom stereocenters.